The zero-order valence-corrected chi connectivity index (χ0v) is 17.1. The van der Waals surface area contributed by atoms with Gasteiger partial charge in [0.2, 0.25) is 0 Å². The molecule has 0 spiro atoms. The Kier molecular flexibility index (Phi) is 8.32. The van der Waals surface area contributed by atoms with E-state index in [1.54, 1.807) is 0 Å². The number of hydrogen-bond donors (Lipinski definition) is 2. The number of halogens is 1. The minimum absolute atomic E-state index is 0. The van der Waals surface area contributed by atoms with Gasteiger partial charge in [-0.3, -0.25) is 9.89 Å². The van der Waals surface area contributed by atoms with Crippen molar-refractivity contribution >= 4 is 29.9 Å². The van der Waals surface area contributed by atoms with Crippen molar-refractivity contribution in [3.63, 3.8) is 0 Å². The lowest BCUT2D eigenvalue weighted by Gasteiger charge is -2.28. The Morgan fingerprint density at radius 2 is 2.00 bits per heavy atom. The van der Waals surface area contributed by atoms with Gasteiger partial charge in [-0.05, 0) is 49.7 Å². The average molecular weight is 442 g/mol. The molecule has 4 nitrogen and oxygen atoms in total. The fourth-order valence-electron chi connectivity index (χ4n) is 3.12. The zero-order chi connectivity index (χ0) is 15.9. The highest BCUT2D eigenvalue weighted by atomic mass is 127. The topological polar surface area (TPSA) is 39.7 Å². The number of nitrogens with zero attached hydrogens (tertiary/aromatic N) is 2. The molecule has 0 atom stereocenters. The number of guanidine groups is 1. The standard InChI is InChI=1S/C19H30N4.HI/c1-2-20-19(22-14-16-8-9-16)21-11-5-12-23-13-10-17-6-3-4-7-18(17)15-23;/h3-4,6-7,16H,2,5,8-15H2,1H3,(H2,20,21,22);1H. The maximum Gasteiger partial charge on any atom is 0.191 e. The third kappa shape index (κ3) is 6.24. The molecule has 0 unspecified atom stereocenters. The van der Waals surface area contributed by atoms with Crippen molar-refractivity contribution in [3.05, 3.63) is 35.4 Å². The summed E-state index contributed by atoms with van der Waals surface area (Å²) in [5.74, 6) is 1.84. The van der Waals surface area contributed by atoms with Crippen molar-refractivity contribution in [2.75, 3.05) is 32.7 Å². The van der Waals surface area contributed by atoms with Crippen LogP contribution in [0.3, 0.4) is 0 Å². The van der Waals surface area contributed by atoms with E-state index in [0.717, 1.165) is 51.0 Å². The van der Waals surface area contributed by atoms with Gasteiger partial charge in [0, 0.05) is 39.3 Å². The van der Waals surface area contributed by atoms with Crippen LogP contribution in [0.15, 0.2) is 29.3 Å². The van der Waals surface area contributed by atoms with Gasteiger partial charge < -0.3 is 10.6 Å². The van der Waals surface area contributed by atoms with Gasteiger partial charge in [0.1, 0.15) is 0 Å². The smallest absolute Gasteiger partial charge is 0.191 e. The first kappa shape index (κ1) is 19.5. The highest BCUT2D eigenvalue weighted by Gasteiger charge is 2.20. The maximum absolute atomic E-state index is 4.67. The van der Waals surface area contributed by atoms with Gasteiger partial charge >= 0.3 is 0 Å². The fourth-order valence-corrected chi connectivity index (χ4v) is 3.12. The van der Waals surface area contributed by atoms with Crippen LogP contribution in [0.2, 0.25) is 0 Å². The van der Waals surface area contributed by atoms with E-state index >= 15 is 0 Å². The summed E-state index contributed by atoms with van der Waals surface area (Å²) < 4.78 is 0. The number of fused-ring (bicyclic) bond motifs is 1. The Hall–Kier alpha value is -0.820. The molecule has 0 amide bonds. The Balaban J connectivity index is 0.00000208. The van der Waals surface area contributed by atoms with Gasteiger partial charge in [0.15, 0.2) is 5.96 Å². The van der Waals surface area contributed by atoms with E-state index in [9.17, 15) is 0 Å². The molecule has 1 fully saturated rings. The number of benzene rings is 1. The molecular weight excluding hydrogens is 411 g/mol. The molecule has 5 heteroatoms. The van der Waals surface area contributed by atoms with Crippen molar-refractivity contribution in [2.45, 2.75) is 39.2 Å². The lowest BCUT2D eigenvalue weighted by Crippen LogP contribution is -2.39. The van der Waals surface area contributed by atoms with Gasteiger partial charge in [-0.2, -0.15) is 0 Å². The highest BCUT2D eigenvalue weighted by molar-refractivity contribution is 14.0. The molecule has 1 heterocycles. The second-order valence-electron chi connectivity index (χ2n) is 6.74. The molecular formula is C19H31IN4. The predicted octanol–water partition coefficient (Wildman–Crippen LogP) is 3.02. The van der Waals surface area contributed by atoms with Crippen LogP contribution in [0.4, 0.5) is 0 Å². The lowest BCUT2D eigenvalue weighted by molar-refractivity contribution is 0.251. The van der Waals surface area contributed by atoms with Crippen LogP contribution >= 0.6 is 24.0 Å². The third-order valence-electron chi connectivity index (χ3n) is 4.70. The summed E-state index contributed by atoms with van der Waals surface area (Å²) in [6.07, 6.45) is 5.07. The van der Waals surface area contributed by atoms with E-state index < -0.39 is 0 Å². The summed E-state index contributed by atoms with van der Waals surface area (Å²) in [6.45, 7) is 8.48. The summed E-state index contributed by atoms with van der Waals surface area (Å²) in [5, 5.41) is 6.82. The van der Waals surface area contributed by atoms with Crippen molar-refractivity contribution in [1.82, 2.24) is 15.5 Å². The molecule has 0 saturated heterocycles. The molecule has 0 radical (unpaired) electrons. The van der Waals surface area contributed by atoms with Gasteiger partial charge in [-0.25, -0.2) is 0 Å². The molecule has 1 aromatic rings. The molecule has 3 rings (SSSR count). The van der Waals surface area contributed by atoms with E-state index in [-0.39, 0.29) is 24.0 Å². The number of aliphatic imine (C=N–C) groups is 1. The van der Waals surface area contributed by atoms with Gasteiger partial charge in [-0.15, -0.1) is 24.0 Å². The summed E-state index contributed by atoms with van der Waals surface area (Å²) in [5.41, 5.74) is 3.04. The Morgan fingerprint density at radius 3 is 2.75 bits per heavy atom. The minimum Gasteiger partial charge on any atom is -0.357 e. The van der Waals surface area contributed by atoms with Crippen LogP contribution in [-0.4, -0.2) is 43.6 Å². The monoisotopic (exact) mass is 442 g/mol. The minimum atomic E-state index is 0. The van der Waals surface area contributed by atoms with Gasteiger partial charge in [0.05, 0.1) is 0 Å². The molecule has 0 aromatic heterocycles. The van der Waals surface area contributed by atoms with Crippen molar-refractivity contribution in [1.29, 1.82) is 0 Å². The highest BCUT2D eigenvalue weighted by Crippen LogP contribution is 2.28. The van der Waals surface area contributed by atoms with E-state index in [2.05, 4.69) is 51.7 Å². The van der Waals surface area contributed by atoms with Crippen LogP contribution in [0.1, 0.15) is 37.3 Å². The van der Waals surface area contributed by atoms with Crippen molar-refractivity contribution in [2.24, 2.45) is 10.9 Å². The Labute approximate surface area is 163 Å². The van der Waals surface area contributed by atoms with Crippen LogP contribution in [0, 0.1) is 5.92 Å². The molecule has 2 aliphatic rings. The predicted molar refractivity (Wildman–Crippen MR) is 112 cm³/mol. The second kappa shape index (κ2) is 10.2. The van der Waals surface area contributed by atoms with Crippen LogP contribution < -0.4 is 10.6 Å². The molecule has 0 bridgehead atoms. The van der Waals surface area contributed by atoms with Crippen LogP contribution in [-0.2, 0) is 13.0 Å². The first-order valence-corrected chi connectivity index (χ1v) is 9.16. The fraction of sp³-hybridized carbons (Fsp3) is 0.632. The summed E-state index contributed by atoms with van der Waals surface area (Å²) in [4.78, 5) is 7.24. The first-order valence-electron chi connectivity index (χ1n) is 9.16. The molecule has 134 valence electrons. The van der Waals surface area contributed by atoms with E-state index in [4.69, 9.17) is 0 Å². The Bertz CT molecular complexity index is 528. The number of rotatable bonds is 7. The lowest BCUT2D eigenvalue weighted by atomic mass is 10.00. The molecule has 1 aliphatic heterocycles. The van der Waals surface area contributed by atoms with Gasteiger partial charge in [0.25, 0.3) is 0 Å². The SMILES string of the molecule is CCNC(=NCC1CC1)NCCCN1CCc2ccccc2C1.I. The van der Waals surface area contributed by atoms with Gasteiger partial charge in [-0.1, -0.05) is 24.3 Å². The number of hydrogen-bond acceptors (Lipinski definition) is 2. The van der Waals surface area contributed by atoms with E-state index in [1.807, 2.05) is 0 Å². The molecule has 1 aliphatic carbocycles. The van der Waals surface area contributed by atoms with Crippen molar-refractivity contribution in [3.8, 4) is 0 Å². The van der Waals surface area contributed by atoms with Crippen LogP contribution in [0.5, 0.6) is 0 Å². The second-order valence-corrected chi connectivity index (χ2v) is 6.74. The van der Waals surface area contributed by atoms with Crippen LogP contribution in [0.25, 0.3) is 0 Å². The average Bonchev–Trinajstić information content (AvgIpc) is 3.40. The third-order valence-corrected chi connectivity index (χ3v) is 4.70. The zero-order valence-electron chi connectivity index (χ0n) is 14.8. The summed E-state index contributed by atoms with van der Waals surface area (Å²) >= 11 is 0. The van der Waals surface area contributed by atoms with E-state index in [0.29, 0.717) is 0 Å². The largest absolute Gasteiger partial charge is 0.357 e. The Morgan fingerprint density at radius 1 is 1.21 bits per heavy atom. The quantitative estimate of drug-likeness (QED) is 0.295. The molecule has 1 aromatic carbocycles. The maximum atomic E-state index is 4.67. The number of nitrogens with one attached hydrogen (secondary N) is 2. The summed E-state index contributed by atoms with van der Waals surface area (Å²) in [6, 6.07) is 8.85. The van der Waals surface area contributed by atoms with E-state index in [1.165, 1.54) is 36.9 Å². The van der Waals surface area contributed by atoms with Crippen molar-refractivity contribution < 1.29 is 0 Å². The molecule has 1 saturated carbocycles. The molecule has 2 N–H and O–H groups in total. The summed E-state index contributed by atoms with van der Waals surface area (Å²) in [7, 11) is 0. The normalized spacial score (nSPS) is 17.8. The molecule has 24 heavy (non-hydrogen) atoms. The first-order chi connectivity index (χ1) is 11.3.